The second kappa shape index (κ2) is 9.17. The van der Waals surface area contributed by atoms with Crippen LogP contribution in [0.4, 0.5) is 0 Å². The first-order valence-electron chi connectivity index (χ1n) is 4.68. The predicted molar refractivity (Wildman–Crippen MR) is 74.0 cm³/mol. The Morgan fingerprint density at radius 3 is 2.71 bits per heavy atom. The summed E-state index contributed by atoms with van der Waals surface area (Å²) in [5.74, 6) is -0.427. The molecule has 1 amide bonds. The van der Waals surface area contributed by atoms with E-state index in [4.69, 9.17) is 0 Å². The number of aliphatic imine (C=N–C) groups is 3. The standard InChI is InChI=1S/C11H10N4OS/c16-11-10-13-8-7-12-4-1-2-6-15-17-9-3-5-14-11/h1-10H. The number of carbonyl (C=O) groups excluding carboxylic acids is 1. The smallest absolute Gasteiger partial charge is 0.266 e. The van der Waals surface area contributed by atoms with Crippen molar-refractivity contribution in [1.29, 1.82) is 0 Å². The van der Waals surface area contributed by atoms with Crippen LogP contribution in [0.5, 0.6) is 0 Å². The molecule has 1 heterocycles. The van der Waals surface area contributed by atoms with E-state index in [1.807, 2.05) is 0 Å². The van der Waals surface area contributed by atoms with Gasteiger partial charge in [-0.1, -0.05) is 0 Å². The van der Waals surface area contributed by atoms with Gasteiger partial charge in [0.25, 0.3) is 5.91 Å². The Kier molecular flexibility index (Phi) is 7.00. The summed E-state index contributed by atoms with van der Waals surface area (Å²) in [6, 6.07) is 0. The Balaban J connectivity index is 2.70. The Morgan fingerprint density at radius 1 is 0.941 bits per heavy atom. The Labute approximate surface area is 103 Å². The molecule has 0 bridgehead atoms. The van der Waals surface area contributed by atoms with Gasteiger partial charge in [-0.05, 0) is 23.6 Å². The minimum atomic E-state index is -0.427. The number of carbonyl (C=O) groups is 1. The van der Waals surface area contributed by atoms with E-state index in [1.54, 1.807) is 36.1 Å². The maximum Gasteiger partial charge on any atom is 0.288 e. The molecule has 0 aromatic rings. The van der Waals surface area contributed by atoms with E-state index in [1.165, 1.54) is 30.6 Å². The third kappa shape index (κ3) is 7.80. The molecule has 1 rings (SSSR count). The lowest BCUT2D eigenvalue weighted by Gasteiger charge is -1.81. The fraction of sp³-hybridized carbons (Fsp3) is 0. The Morgan fingerprint density at radius 2 is 1.76 bits per heavy atom. The van der Waals surface area contributed by atoms with Gasteiger partial charge in [0.15, 0.2) is 0 Å². The van der Waals surface area contributed by atoms with Crippen molar-refractivity contribution < 1.29 is 4.79 Å². The highest BCUT2D eigenvalue weighted by atomic mass is 32.2. The second-order valence-corrected chi connectivity index (χ2v) is 3.26. The summed E-state index contributed by atoms with van der Waals surface area (Å²) in [5, 5.41) is 1.71. The van der Waals surface area contributed by atoms with Crippen LogP contribution in [0.2, 0.25) is 0 Å². The van der Waals surface area contributed by atoms with Gasteiger partial charge in [0, 0.05) is 43.0 Å². The predicted octanol–water partition coefficient (Wildman–Crippen LogP) is 2.00. The quantitative estimate of drug-likeness (QED) is 0.613. The fourth-order valence-corrected chi connectivity index (χ4v) is 1.06. The molecule has 0 N–H and O–H groups in total. The minimum absolute atomic E-state index is 0.427. The van der Waals surface area contributed by atoms with Crippen LogP contribution in [0.15, 0.2) is 55.4 Å². The monoisotopic (exact) mass is 246 g/mol. The molecule has 0 unspecified atom stereocenters. The van der Waals surface area contributed by atoms with E-state index in [-0.39, 0.29) is 0 Å². The molecule has 86 valence electrons. The lowest BCUT2D eigenvalue weighted by molar-refractivity contribution is -0.111. The van der Waals surface area contributed by atoms with Crippen molar-refractivity contribution in [3.05, 3.63) is 36.0 Å². The fourth-order valence-electron chi connectivity index (χ4n) is 0.708. The highest BCUT2D eigenvalue weighted by molar-refractivity contribution is 8.01. The Bertz CT molecular complexity index is 444. The van der Waals surface area contributed by atoms with Crippen LogP contribution in [0, 0.1) is 0 Å². The summed E-state index contributed by atoms with van der Waals surface area (Å²) < 4.78 is 3.99. The zero-order valence-electron chi connectivity index (χ0n) is 8.88. The lowest BCUT2D eigenvalue weighted by Crippen LogP contribution is -1.92. The first kappa shape index (κ1) is 13.0. The van der Waals surface area contributed by atoms with Gasteiger partial charge in [-0.25, -0.2) is 9.39 Å². The van der Waals surface area contributed by atoms with Gasteiger partial charge in [0.05, 0.1) is 6.21 Å². The molecular weight excluding hydrogens is 236 g/mol. The maximum atomic E-state index is 11.1. The third-order valence-corrected chi connectivity index (χ3v) is 1.86. The average Bonchev–Trinajstić information content (AvgIpc) is 2.32. The molecule has 0 aromatic carbocycles. The van der Waals surface area contributed by atoms with Crippen molar-refractivity contribution in [2.45, 2.75) is 0 Å². The summed E-state index contributed by atoms with van der Waals surface area (Å²) in [4.78, 5) is 22.3. The van der Waals surface area contributed by atoms with Crippen LogP contribution < -0.4 is 0 Å². The van der Waals surface area contributed by atoms with Gasteiger partial charge < -0.3 is 0 Å². The molecule has 17 heavy (non-hydrogen) atoms. The van der Waals surface area contributed by atoms with Crippen molar-refractivity contribution in [3.63, 3.8) is 0 Å². The third-order valence-electron chi connectivity index (χ3n) is 1.34. The van der Waals surface area contributed by atoms with Crippen molar-refractivity contribution in [3.8, 4) is 0 Å². The zero-order valence-corrected chi connectivity index (χ0v) is 9.70. The van der Waals surface area contributed by atoms with E-state index in [2.05, 4.69) is 19.4 Å². The summed E-state index contributed by atoms with van der Waals surface area (Å²) >= 11 is 1.23. The topological polar surface area (TPSA) is 66.5 Å². The first-order valence-corrected chi connectivity index (χ1v) is 5.52. The van der Waals surface area contributed by atoms with Gasteiger partial charge in [-0.15, -0.1) is 0 Å². The van der Waals surface area contributed by atoms with Crippen molar-refractivity contribution in [2.24, 2.45) is 19.4 Å². The van der Waals surface area contributed by atoms with Crippen LogP contribution in [-0.4, -0.2) is 30.8 Å². The highest BCUT2D eigenvalue weighted by Gasteiger charge is 1.86. The molecule has 0 saturated heterocycles. The van der Waals surface area contributed by atoms with Crippen LogP contribution in [0.25, 0.3) is 0 Å². The zero-order chi connectivity index (χ0) is 12.2. The molecule has 5 nitrogen and oxygen atoms in total. The van der Waals surface area contributed by atoms with Gasteiger partial charge in [-0.2, -0.15) is 0 Å². The number of amides is 1. The minimum Gasteiger partial charge on any atom is -0.266 e. The van der Waals surface area contributed by atoms with Crippen LogP contribution in [-0.2, 0) is 4.79 Å². The summed E-state index contributed by atoms with van der Waals surface area (Å²) in [6.07, 6.45) is 13.7. The van der Waals surface area contributed by atoms with Crippen molar-refractivity contribution >= 4 is 42.7 Å². The highest BCUT2D eigenvalue weighted by Crippen LogP contribution is 2.00. The SMILES string of the molecule is O=C1C=NC=CN=CC=CC=NSC=CC=N1. The van der Waals surface area contributed by atoms with Crippen LogP contribution >= 0.6 is 11.9 Å². The largest absolute Gasteiger partial charge is 0.288 e. The molecule has 0 aliphatic carbocycles. The Hall–Kier alpha value is -2.08. The van der Waals surface area contributed by atoms with Crippen LogP contribution in [0.1, 0.15) is 0 Å². The van der Waals surface area contributed by atoms with E-state index in [0.717, 1.165) is 6.21 Å². The van der Waals surface area contributed by atoms with Gasteiger partial charge in [-0.3, -0.25) is 14.8 Å². The number of allylic oxidation sites excluding steroid dienone is 3. The summed E-state index contributed by atoms with van der Waals surface area (Å²) in [5.41, 5.74) is 0. The van der Waals surface area contributed by atoms with E-state index in [9.17, 15) is 4.79 Å². The van der Waals surface area contributed by atoms with Crippen molar-refractivity contribution in [1.82, 2.24) is 0 Å². The molecular formula is C11H10N4OS. The molecule has 0 atom stereocenters. The molecule has 1 aliphatic rings. The maximum absolute atomic E-state index is 11.1. The lowest BCUT2D eigenvalue weighted by atomic mass is 10.5. The van der Waals surface area contributed by atoms with E-state index < -0.39 is 5.91 Å². The molecule has 0 fully saturated rings. The number of rotatable bonds is 0. The molecule has 0 aromatic heterocycles. The molecule has 0 spiro atoms. The molecule has 1 aliphatic heterocycles. The van der Waals surface area contributed by atoms with Crippen molar-refractivity contribution in [2.75, 3.05) is 0 Å². The van der Waals surface area contributed by atoms with E-state index >= 15 is 0 Å². The number of nitrogens with zero attached hydrogens (tertiary/aromatic N) is 4. The second-order valence-electron chi connectivity index (χ2n) is 2.56. The van der Waals surface area contributed by atoms with Gasteiger partial charge in [0.1, 0.15) is 0 Å². The number of hydrogen-bond donors (Lipinski definition) is 0. The van der Waals surface area contributed by atoms with Gasteiger partial charge in [0.2, 0.25) is 0 Å². The normalized spacial score (nSPS) is 16.8. The van der Waals surface area contributed by atoms with Crippen LogP contribution in [0.3, 0.4) is 0 Å². The summed E-state index contributed by atoms with van der Waals surface area (Å²) in [6.45, 7) is 0. The first-order chi connectivity index (χ1) is 8.39. The van der Waals surface area contributed by atoms with E-state index in [0.29, 0.717) is 0 Å². The molecule has 0 radical (unpaired) electrons. The van der Waals surface area contributed by atoms with Gasteiger partial charge >= 0.3 is 0 Å². The summed E-state index contributed by atoms with van der Waals surface area (Å²) in [7, 11) is 0. The molecule has 6 heteroatoms. The average molecular weight is 246 g/mol. The molecule has 0 saturated carbocycles. The number of hydrogen-bond acceptors (Lipinski definition) is 5.